The molecule has 1 radical (unpaired) electrons. The van der Waals surface area contributed by atoms with E-state index in [9.17, 15) is 4.79 Å². The van der Waals surface area contributed by atoms with E-state index in [1.54, 1.807) is 0 Å². The molecule has 4 heteroatoms. The molecule has 10 heavy (non-hydrogen) atoms. The average Bonchev–Trinajstić information content (AvgIpc) is 2.14. The fourth-order valence-electron chi connectivity index (χ4n) is 0.659. The van der Waals surface area contributed by atoms with Crippen LogP contribution in [0, 0.1) is 5.92 Å². The first-order valence-corrected chi connectivity index (χ1v) is 2.99. The Morgan fingerprint density at radius 3 is 2.40 bits per heavy atom. The van der Waals surface area contributed by atoms with Gasteiger partial charge in [-0.1, -0.05) is 19.7 Å². The molecule has 1 heterocycles. The zero-order chi connectivity index (χ0) is 6.85. The van der Waals surface area contributed by atoms with Gasteiger partial charge in [-0.15, -0.1) is 0 Å². The zero-order valence-electron chi connectivity index (χ0n) is 5.92. The van der Waals surface area contributed by atoms with E-state index in [2.05, 4.69) is 10.3 Å². The maximum absolute atomic E-state index is 10.5. The predicted molar refractivity (Wildman–Crippen MR) is 35.5 cm³/mol. The van der Waals surface area contributed by atoms with Crippen molar-refractivity contribution in [2.75, 3.05) is 6.54 Å². The molecule has 1 rings (SSSR count). The van der Waals surface area contributed by atoms with Crippen LogP contribution in [0.25, 0.3) is 5.32 Å². The van der Waals surface area contributed by atoms with Gasteiger partial charge in [-0.2, -0.15) is 0 Å². The van der Waals surface area contributed by atoms with Crippen LogP contribution in [-0.2, 0) is 24.3 Å². The van der Waals surface area contributed by atoms with Crippen LogP contribution in [-0.4, -0.2) is 18.3 Å². The average molecular weight is 228 g/mol. The number of amides is 1. The molecule has 0 aliphatic carbocycles. The molecule has 3 nitrogen and oxygen atoms in total. The Labute approximate surface area is 73.0 Å². The smallest absolute Gasteiger partial charge is 0.146 e. The minimum absolute atomic E-state index is 0. The Morgan fingerprint density at radius 2 is 2.20 bits per heavy atom. The van der Waals surface area contributed by atoms with E-state index < -0.39 is 0 Å². The van der Waals surface area contributed by atoms with Crippen molar-refractivity contribution in [2.45, 2.75) is 13.8 Å². The monoisotopic (exact) mass is 228 g/mol. The van der Waals surface area contributed by atoms with Crippen LogP contribution in [0.2, 0.25) is 0 Å². The van der Waals surface area contributed by atoms with Crippen molar-refractivity contribution in [3.05, 3.63) is 5.32 Å². The summed E-state index contributed by atoms with van der Waals surface area (Å²) < 4.78 is 0. The van der Waals surface area contributed by atoms with E-state index in [1.165, 1.54) is 0 Å². The van der Waals surface area contributed by atoms with Crippen LogP contribution in [0.1, 0.15) is 13.8 Å². The first kappa shape index (κ1) is 9.76. The van der Waals surface area contributed by atoms with Crippen LogP contribution < -0.4 is 0 Å². The van der Waals surface area contributed by atoms with Crippen LogP contribution in [0.5, 0.6) is 0 Å². The number of aliphatic imine (C=N–C) groups is 1. The summed E-state index contributed by atoms with van der Waals surface area (Å²) in [4.78, 5) is 14.4. The number of amidine groups is 1. The van der Waals surface area contributed by atoms with Crippen molar-refractivity contribution in [3.8, 4) is 0 Å². The van der Waals surface area contributed by atoms with Crippen molar-refractivity contribution < 1.29 is 24.3 Å². The fraction of sp³-hybridized carbons (Fsp3) is 0.667. The number of nitrogens with zero attached hydrogens (tertiary/aromatic N) is 2. The molecule has 1 amide bonds. The van der Waals surface area contributed by atoms with E-state index in [4.69, 9.17) is 0 Å². The standard InChI is InChI=1S/C6H10N2O.Rh/c1-4(2)6-7-3-5(9)8-6;/h4H,3H2,1-2H3,(H,7,8,9);/p-1. The van der Waals surface area contributed by atoms with E-state index in [0.717, 1.165) is 0 Å². The van der Waals surface area contributed by atoms with Crippen LogP contribution in [0.4, 0.5) is 0 Å². The van der Waals surface area contributed by atoms with Gasteiger partial charge in [0, 0.05) is 26.0 Å². The SMILES string of the molecule is CC(C)C1=NCC(=O)[N-]1.[Rh]. The maximum Gasteiger partial charge on any atom is 0.146 e. The predicted octanol–water partition coefficient (Wildman–Crippen LogP) is 0.952. The molecule has 1 aliphatic rings. The molecule has 0 aromatic heterocycles. The Hall–Kier alpha value is -0.237. The summed E-state index contributed by atoms with van der Waals surface area (Å²) >= 11 is 0. The number of hydrogen-bond donors (Lipinski definition) is 0. The zero-order valence-corrected chi connectivity index (χ0v) is 7.56. The maximum atomic E-state index is 10.5. The molecular weight excluding hydrogens is 219 g/mol. The second-order valence-corrected chi connectivity index (χ2v) is 2.33. The Morgan fingerprint density at radius 1 is 1.60 bits per heavy atom. The molecule has 0 atom stereocenters. The fourth-order valence-corrected chi connectivity index (χ4v) is 0.659. The molecular formula is C6H9N2ORh-. The summed E-state index contributed by atoms with van der Waals surface area (Å²) in [5, 5.41) is 3.70. The Bertz CT molecular complexity index is 165. The van der Waals surface area contributed by atoms with Gasteiger partial charge in [0.2, 0.25) is 0 Å². The third-order valence-electron chi connectivity index (χ3n) is 1.13. The molecule has 59 valence electrons. The first-order chi connectivity index (χ1) is 4.20. The van der Waals surface area contributed by atoms with Crippen molar-refractivity contribution in [2.24, 2.45) is 10.9 Å². The van der Waals surface area contributed by atoms with Crippen molar-refractivity contribution >= 4 is 11.7 Å². The van der Waals surface area contributed by atoms with Crippen molar-refractivity contribution in [1.29, 1.82) is 0 Å². The summed E-state index contributed by atoms with van der Waals surface area (Å²) in [6.45, 7) is 4.20. The summed E-state index contributed by atoms with van der Waals surface area (Å²) in [6.07, 6.45) is 0. The van der Waals surface area contributed by atoms with Crippen LogP contribution in [0.15, 0.2) is 4.99 Å². The minimum Gasteiger partial charge on any atom is -0.461 e. The molecule has 0 saturated heterocycles. The van der Waals surface area contributed by atoms with Crippen LogP contribution in [0.3, 0.4) is 0 Å². The van der Waals surface area contributed by atoms with Crippen molar-refractivity contribution in [1.82, 2.24) is 0 Å². The van der Waals surface area contributed by atoms with Crippen LogP contribution >= 0.6 is 0 Å². The van der Waals surface area contributed by atoms with Gasteiger partial charge in [-0.25, -0.2) is 0 Å². The van der Waals surface area contributed by atoms with Gasteiger partial charge in [0.05, 0.1) is 0 Å². The molecule has 1 aliphatic heterocycles. The first-order valence-electron chi connectivity index (χ1n) is 2.99. The summed E-state index contributed by atoms with van der Waals surface area (Å²) in [5.41, 5.74) is 0. The number of carbonyl (C=O) groups excluding carboxylic acids is 1. The van der Waals surface area contributed by atoms with E-state index in [-0.39, 0.29) is 37.8 Å². The largest absolute Gasteiger partial charge is 0.461 e. The molecule has 0 fully saturated rings. The second kappa shape index (κ2) is 3.82. The van der Waals surface area contributed by atoms with Gasteiger partial charge < -0.3 is 10.3 Å². The normalized spacial score (nSPS) is 16.3. The van der Waals surface area contributed by atoms with E-state index >= 15 is 0 Å². The summed E-state index contributed by atoms with van der Waals surface area (Å²) in [7, 11) is 0. The summed E-state index contributed by atoms with van der Waals surface area (Å²) in [6, 6.07) is 0. The number of carbonyl (C=O) groups is 1. The third-order valence-corrected chi connectivity index (χ3v) is 1.13. The van der Waals surface area contributed by atoms with Gasteiger partial charge in [0.15, 0.2) is 0 Å². The molecule has 0 aromatic rings. The van der Waals surface area contributed by atoms with Gasteiger partial charge in [-0.3, -0.25) is 4.79 Å². The Balaban J connectivity index is 0.000000810. The Kier molecular flexibility index (Phi) is 3.73. The van der Waals surface area contributed by atoms with Gasteiger partial charge in [-0.05, 0) is 5.92 Å². The topological polar surface area (TPSA) is 43.5 Å². The second-order valence-electron chi connectivity index (χ2n) is 2.33. The molecule has 0 unspecified atom stereocenters. The van der Waals surface area contributed by atoms with E-state index in [0.29, 0.717) is 5.84 Å². The minimum atomic E-state index is -0.112. The van der Waals surface area contributed by atoms with Crippen molar-refractivity contribution in [3.63, 3.8) is 0 Å². The molecule has 0 aromatic carbocycles. The van der Waals surface area contributed by atoms with Gasteiger partial charge in [0.25, 0.3) is 0 Å². The molecule has 0 spiro atoms. The molecule has 0 N–H and O–H groups in total. The number of rotatable bonds is 1. The van der Waals surface area contributed by atoms with E-state index in [1.807, 2.05) is 13.8 Å². The third kappa shape index (κ3) is 2.18. The molecule has 0 saturated carbocycles. The number of hydrogen-bond acceptors (Lipinski definition) is 2. The quantitative estimate of drug-likeness (QED) is 0.616. The molecule has 0 bridgehead atoms. The van der Waals surface area contributed by atoms with Gasteiger partial charge in [0.1, 0.15) is 5.91 Å². The summed E-state index contributed by atoms with van der Waals surface area (Å²) in [5.74, 6) is 0.871. The van der Waals surface area contributed by atoms with Gasteiger partial charge >= 0.3 is 0 Å².